The number of nitrogens with zero attached hydrogens (tertiary/aromatic N) is 4. The number of rotatable bonds is 9. The van der Waals surface area contributed by atoms with Crippen LogP contribution in [0.2, 0.25) is 0 Å². The number of nitro groups is 2. The van der Waals surface area contributed by atoms with E-state index < -0.39 is 61.4 Å². The van der Waals surface area contributed by atoms with Gasteiger partial charge in [0.25, 0.3) is 31.6 Å². The molecule has 0 saturated heterocycles. The molecule has 4 N–H and O–H groups in total. The monoisotopic (exact) mass is 729 g/mol. The Hall–Kier alpha value is -4.45. The zero-order chi connectivity index (χ0) is 35.2. The van der Waals surface area contributed by atoms with E-state index >= 15 is 0 Å². The zero-order valence-corrected chi connectivity index (χ0v) is 28.7. The first-order valence-corrected chi connectivity index (χ1v) is 16.6. The van der Waals surface area contributed by atoms with Gasteiger partial charge < -0.3 is 10.3 Å². The first-order valence-electron chi connectivity index (χ1n) is 12.3. The summed E-state index contributed by atoms with van der Waals surface area (Å²) in [5, 5.41) is 29.4. The third kappa shape index (κ3) is 11.4. The average molecular weight is 730 g/mol. The Kier molecular flexibility index (Phi) is 13.3. The number of anilines is 1. The van der Waals surface area contributed by atoms with Crippen molar-refractivity contribution in [1.82, 2.24) is 0 Å². The van der Waals surface area contributed by atoms with Crippen LogP contribution in [-0.2, 0) is 30.4 Å². The topological polar surface area (TPSA) is 303 Å². The van der Waals surface area contributed by atoms with Crippen molar-refractivity contribution in [1.29, 1.82) is 0 Å². The Balaban J connectivity index is 0.000000349. The number of hydrogen-bond acceptors (Lipinski definition) is 14. The second-order valence-electron chi connectivity index (χ2n) is 8.98. The van der Waals surface area contributed by atoms with E-state index in [0.29, 0.717) is 29.2 Å². The van der Waals surface area contributed by atoms with E-state index in [9.17, 15) is 59.1 Å². The zero-order valence-electron chi connectivity index (χ0n) is 24.2. The van der Waals surface area contributed by atoms with Crippen molar-refractivity contribution in [2.45, 2.75) is 14.7 Å². The van der Waals surface area contributed by atoms with Crippen LogP contribution in [0.4, 0.5) is 28.4 Å². The molecular weight excluding hydrogens is 709 g/mol. The summed E-state index contributed by atoms with van der Waals surface area (Å²) in [7, 11) is -14.2. The third-order valence-electron chi connectivity index (χ3n) is 5.71. The molecule has 22 heteroatoms. The van der Waals surface area contributed by atoms with Crippen molar-refractivity contribution in [3.05, 3.63) is 116 Å². The third-order valence-corrected chi connectivity index (χ3v) is 8.38. The van der Waals surface area contributed by atoms with Gasteiger partial charge in [0.05, 0.1) is 26.1 Å². The molecule has 4 aromatic rings. The molecule has 0 aromatic heterocycles. The van der Waals surface area contributed by atoms with Crippen LogP contribution in [0, 0.1) is 20.2 Å². The number of nitro benzene ring substituents is 2. The first kappa shape index (κ1) is 39.7. The van der Waals surface area contributed by atoms with Gasteiger partial charge in [0.1, 0.15) is 19.9 Å². The minimum Gasteiger partial charge on any atom is -0.744 e. The summed E-state index contributed by atoms with van der Waals surface area (Å²) in [6.07, 6.45) is 2.01. The molecule has 0 fully saturated rings. The summed E-state index contributed by atoms with van der Waals surface area (Å²) >= 11 is 0. The van der Waals surface area contributed by atoms with Gasteiger partial charge in [0.15, 0.2) is 0 Å². The van der Waals surface area contributed by atoms with Crippen molar-refractivity contribution >= 4 is 70.9 Å². The van der Waals surface area contributed by atoms with Crippen molar-refractivity contribution in [2.75, 3.05) is 5.73 Å². The summed E-state index contributed by atoms with van der Waals surface area (Å²) in [5.74, 6) is 0. The Bertz CT molecular complexity index is 2130. The Labute approximate surface area is 294 Å². The predicted molar refractivity (Wildman–Crippen MR) is 164 cm³/mol. The fraction of sp³-hybridized carbons (Fsp3) is 0. The molecule has 4 aromatic carbocycles. The summed E-state index contributed by atoms with van der Waals surface area (Å²) < 4.78 is 96.6. The fourth-order valence-electron chi connectivity index (χ4n) is 3.51. The van der Waals surface area contributed by atoms with E-state index in [0.717, 1.165) is 36.4 Å². The van der Waals surface area contributed by atoms with Crippen LogP contribution in [-0.4, -0.2) is 48.8 Å². The second kappa shape index (κ2) is 16.1. The van der Waals surface area contributed by atoms with E-state index in [1.165, 1.54) is 24.3 Å². The van der Waals surface area contributed by atoms with Crippen LogP contribution in [0.25, 0.3) is 12.2 Å². The van der Waals surface area contributed by atoms with Crippen LogP contribution in [0.15, 0.2) is 110 Å². The van der Waals surface area contributed by atoms with Crippen LogP contribution >= 0.6 is 0 Å². The largest absolute Gasteiger partial charge is 1.00 e. The van der Waals surface area contributed by atoms with E-state index in [1.54, 1.807) is 24.3 Å². The molecule has 0 atom stereocenters. The summed E-state index contributed by atoms with van der Waals surface area (Å²) in [5.41, 5.74) is 5.55. The Morgan fingerprint density at radius 1 is 0.625 bits per heavy atom. The van der Waals surface area contributed by atoms with E-state index in [1.807, 2.05) is 0 Å². The normalized spacial score (nSPS) is 11.8. The van der Waals surface area contributed by atoms with Gasteiger partial charge in [-0.3, -0.25) is 29.3 Å². The molecular formula is C26H20N5NaO13S3. The van der Waals surface area contributed by atoms with E-state index in [2.05, 4.69) is 10.2 Å². The Morgan fingerprint density at radius 2 is 0.979 bits per heavy atom. The van der Waals surface area contributed by atoms with Crippen molar-refractivity contribution in [2.24, 2.45) is 10.2 Å². The maximum Gasteiger partial charge on any atom is 1.00 e. The molecule has 0 aliphatic rings. The quantitative estimate of drug-likeness (QED) is 0.0421. The molecule has 0 amide bonds. The van der Waals surface area contributed by atoms with Crippen LogP contribution in [0.3, 0.4) is 0 Å². The summed E-state index contributed by atoms with van der Waals surface area (Å²) in [6, 6.07) is 17.1. The second-order valence-corrected chi connectivity index (χ2v) is 13.1. The average Bonchev–Trinajstić information content (AvgIpc) is 2.98. The van der Waals surface area contributed by atoms with Crippen LogP contribution in [0.1, 0.15) is 11.1 Å². The number of nitrogens with two attached hydrogens (primary N) is 1. The Morgan fingerprint density at radius 3 is 1.29 bits per heavy atom. The molecule has 0 spiro atoms. The SMILES string of the molecule is Nc1ccc(N=Nc2ccc(S(=O)(=O)[O-])cc2)cc1.O=[N+]([O-])c1ccc(/C=C/c2ccc([N+](=O)[O-])cc2S(=O)(=O)O)c(S(=O)(=O)O)c1.[Na+]. The van der Waals surface area contributed by atoms with Gasteiger partial charge >= 0.3 is 29.6 Å². The molecule has 0 unspecified atom stereocenters. The molecule has 0 saturated carbocycles. The number of non-ortho nitro benzene ring substituents is 2. The maximum atomic E-state index is 11.5. The first-order chi connectivity index (χ1) is 21.8. The standard InChI is InChI=1S/C14H10N2O10S2.C12H11N3O3S.Na/c17-15(18)11-5-3-9(13(7-11)27(21,22)23)1-2-10-4-6-12(16(19)20)8-14(10)28(24,25)26;13-9-1-3-10(4-2-9)14-15-11-5-7-12(8-6-11)19(16,17)18;/h1-8H,(H,21,22,23)(H,24,25,26);1-8H,13H2,(H,16,17,18);/q;;+1/p-1/b2-1+;;. The molecule has 18 nitrogen and oxygen atoms in total. The van der Waals surface area contributed by atoms with Gasteiger partial charge in [-0.15, -0.1) is 0 Å². The molecule has 0 aliphatic heterocycles. The number of azo groups is 1. The smallest absolute Gasteiger partial charge is 0.744 e. The summed E-state index contributed by atoms with van der Waals surface area (Å²) in [6.45, 7) is 0. The molecule has 0 aliphatic carbocycles. The minimum absolute atomic E-state index is 0. The van der Waals surface area contributed by atoms with Gasteiger partial charge in [-0.1, -0.05) is 12.2 Å². The minimum atomic E-state index is -4.86. The fourth-order valence-corrected chi connectivity index (χ4v) is 5.39. The van der Waals surface area contributed by atoms with E-state index in [-0.39, 0.29) is 45.6 Å². The number of benzene rings is 4. The molecule has 48 heavy (non-hydrogen) atoms. The predicted octanol–water partition coefficient (Wildman–Crippen LogP) is 1.76. The number of nitrogen functional groups attached to an aromatic ring is 1. The van der Waals surface area contributed by atoms with Gasteiger partial charge in [0, 0.05) is 30.0 Å². The van der Waals surface area contributed by atoms with Crippen LogP contribution in [0.5, 0.6) is 0 Å². The molecule has 246 valence electrons. The van der Waals surface area contributed by atoms with Gasteiger partial charge in [-0.25, -0.2) is 8.42 Å². The molecule has 4 rings (SSSR count). The van der Waals surface area contributed by atoms with Gasteiger partial charge in [0.2, 0.25) is 0 Å². The van der Waals surface area contributed by atoms with Crippen molar-refractivity contribution in [3.63, 3.8) is 0 Å². The van der Waals surface area contributed by atoms with E-state index in [4.69, 9.17) is 5.73 Å². The van der Waals surface area contributed by atoms with Crippen molar-refractivity contribution in [3.8, 4) is 0 Å². The van der Waals surface area contributed by atoms with Crippen LogP contribution < -0.4 is 35.3 Å². The van der Waals surface area contributed by atoms with Gasteiger partial charge in [-0.05, 0) is 71.8 Å². The molecule has 0 heterocycles. The summed E-state index contributed by atoms with van der Waals surface area (Å²) in [4.78, 5) is 17.9. The van der Waals surface area contributed by atoms with Gasteiger partial charge in [-0.2, -0.15) is 27.1 Å². The molecule has 0 bridgehead atoms. The maximum absolute atomic E-state index is 11.5. The molecule has 0 radical (unpaired) electrons. The van der Waals surface area contributed by atoms with Crippen molar-refractivity contribution < 1.29 is 78.3 Å². The number of hydrogen-bond donors (Lipinski definition) is 3.